The van der Waals surface area contributed by atoms with E-state index in [-0.39, 0.29) is 33.8 Å². The lowest BCUT2D eigenvalue weighted by atomic mass is 10.0. The van der Waals surface area contributed by atoms with Crippen molar-refractivity contribution >= 4 is 22.7 Å². The van der Waals surface area contributed by atoms with Crippen molar-refractivity contribution in [2.45, 2.75) is 0 Å². The Hall–Kier alpha value is -5.72. The quantitative estimate of drug-likeness (QED) is 0.193. The van der Waals surface area contributed by atoms with Crippen molar-refractivity contribution in [1.82, 2.24) is 0 Å². The minimum absolute atomic E-state index is 0.0602. The third kappa shape index (κ3) is 4.90. The van der Waals surface area contributed by atoms with Crippen LogP contribution in [0.4, 0.5) is 22.7 Å². The number of benzene rings is 4. The molecule has 0 aromatic heterocycles. The van der Waals surface area contributed by atoms with Crippen LogP contribution in [0, 0.1) is 40.5 Å². The molecule has 0 aliphatic heterocycles. The van der Waals surface area contributed by atoms with E-state index in [1.807, 2.05) is 0 Å². The van der Waals surface area contributed by atoms with E-state index < -0.39 is 42.4 Å². The average Bonchev–Trinajstić information content (AvgIpc) is 2.88. The predicted molar refractivity (Wildman–Crippen MR) is 130 cm³/mol. The molecule has 13 heteroatoms. The van der Waals surface area contributed by atoms with Crippen molar-refractivity contribution in [1.29, 1.82) is 0 Å². The first-order valence-corrected chi connectivity index (χ1v) is 10.4. The highest BCUT2D eigenvalue weighted by Crippen LogP contribution is 2.43. The third-order valence-electron chi connectivity index (χ3n) is 5.35. The standard InChI is InChI=1S/C24H14N4O9/c29-25(30)15-9-11-17(21(13-15)27(33)34)19-5-1-3-7-23(19)37-24-8-4-2-6-20(24)18-12-10-16(26(31)32)14-22(18)28(35)36/h1-14H. The first-order chi connectivity index (χ1) is 17.7. The van der Waals surface area contributed by atoms with Gasteiger partial charge in [-0.3, -0.25) is 40.5 Å². The summed E-state index contributed by atoms with van der Waals surface area (Å²) in [5.74, 6) is 0.271. The Labute approximate surface area is 206 Å². The Kier molecular flexibility index (Phi) is 6.51. The summed E-state index contributed by atoms with van der Waals surface area (Å²) in [6.45, 7) is 0. The molecule has 184 valence electrons. The van der Waals surface area contributed by atoms with Gasteiger partial charge in [-0.25, -0.2) is 0 Å². The van der Waals surface area contributed by atoms with Gasteiger partial charge >= 0.3 is 0 Å². The molecule has 0 radical (unpaired) electrons. The summed E-state index contributed by atoms with van der Waals surface area (Å²) < 4.78 is 6.06. The van der Waals surface area contributed by atoms with Crippen LogP contribution in [0.3, 0.4) is 0 Å². The van der Waals surface area contributed by atoms with Crippen molar-refractivity contribution in [3.63, 3.8) is 0 Å². The summed E-state index contributed by atoms with van der Waals surface area (Å²) in [6, 6.07) is 18.9. The smallest absolute Gasteiger partial charge is 0.284 e. The van der Waals surface area contributed by atoms with Crippen LogP contribution < -0.4 is 4.74 Å². The Bertz CT molecular complexity index is 1470. The minimum Gasteiger partial charge on any atom is -0.456 e. The first kappa shape index (κ1) is 24.4. The molecule has 0 unspecified atom stereocenters. The van der Waals surface area contributed by atoms with E-state index >= 15 is 0 Å². The highest BCUT2D eigenvalue weighted by Gasteiger charge is 2.25. The molecular weight excluding hydrogens is 488 g/mol. The van der Waals surface area contributed by atoms with Crippen LogP contribution in [0.15, 0.2) is 84.9 Å². The highest BCUT2D eigenvalue weighted by molar-refractivity contribution is 5.82. The zero-order chi connectivity index (χ0) is 26.7. The van der Waals surface area contributed by atoms with E-state index in [9.17, 15) is 40.5 Å². The molecule has 0 atom stereocenters. The average molecular weight is 502 g/mol. The molecule has 37 heavy (non-hydrogen) atoms. The fourth-order valence-electron chi connectivity index (χ4n) is 3.70. The number of hydrogen-bond donors (Lipinski definition) is 0. The van der Waals surface area contributed by atoms with E-state index in [0.717, 1.165) is 24.3 Å². The Balaban J connectivity index is 1.84. The van der Waals surface area contributed by atoms with Crippen LogP contribution in [-0.2, 0) is 0 Å². The van der Waals surface area contributed by atoms with Gasteiger partial charge in [0.05, 0.1) is 43.0 Å². The number of nitro groups is 4. The van der Waals surface area contributed by atoms with Gasteiger partial charge in [0.25, 0.3) is 22.7 Å². The maximum absolute atomic E-state index is 11.7. The molecule has 0 heterocycles. The molecule has 0 spiro atoms. The Morgan fingerprint density at radius 3 is 1.19 bits per heavy atom. The maximum atomic E-state index is 11.7. The van der Waals surface area contributed by atoms with Crippen LogP contribution >= 0.6 is 0 Å². The lowest BCUT2D eigenvalue weighted by molar-refractivity contribution is -0.394. The van der Waals surface area contributed by atoms with Crippen LogP contribution in [0.5, 0.6) is 11.5 Å². The van der Waals surface area contributed by atoms with Gasteiger partial charge in [-0.15, -0.1) is 0 Å². The molecule has 4 rings (SSSR count). The second-order valence-corrected chi connectivity index (χ2v) is 7.53. The maximum Gasteiger partial charge on any atom is 0.284 e. The number of rotatable bonds is 8. The van der Waals surface area contributed by atoms with Gasteiger partial charge < -0.3 is 4.74 Å². The van der Waals surface area contributed by atoms with Gasteiger partial charge in [-0.2, -0.15) is 0 Å². The van der Waals surface area contributed by atoms with E-state index in [1.165, 1.54) is 36.4 Å². The summed E-state index contributed by atoms with van der Waals surface area (Å²) in [7, 11) is 0. The summed E-state index contributed by atoms with van der Waals surface area (Å²) >= 11 is 0. The summed E-state index contributed by atoms with van der Waals surface area (Å²) in [5.41, 5.74) is -1.31. The lowest BCUT2D eigenvalue weighted by Gasteiger charge is -2.15. The second-order valence-electron chi connectivity index (χ2n) is 7.53. The second kappa shape index (κ2) is 9.87. The molecule has 0 fully saturated rings. The van der Waals surface area contributed by atoms with Crippen molar-refractivity contribution < 1.29 is 24.4 Å². The number of hydrogen-bond acceptors (Lipinski definition) is 9. The van der Waals surface area contributed by atoms with Gasteiger partial charge in [-0.1, -0.05) is 36.4 Å². The van der Waals surface area contributed by atoms with Crippen LogP contribution in [0.2, 0.25) is 0 Å². The van der Waals surface area contributed by atoms with Crippen LogP contribution in [0.25, 0.3) is 22.3 Å². The molecule has 0 aliphatic carbocycles. The summed E-state index contributed by atoms with van der Waals surface area (Å²) in [5, 5.41) is 45.6. The topological polar surface area (TPSA) is 182 Å². The van der Waals surface area contributed by atoms with Crippen LogP contribution in [0.1, 0.15) is 0 Å². The predicted octanol–water partition coefficient (Wildman–Crippen LogP) is 6.45. The number of ether oxygens (including phenoxy) is 1. The summed E-state index contributed by atoms with van der Waals surface area (Å²) in [4.78, 5) is 42.6. The number of nitro benzene ring substituents is 4. The number of nitrogens with zero attached hydrogens (tertiary/aromatic N) is 4. The molecule has 4 aromatic rings. The van der Waals surface area contributed by atoms with Gasteiger partial charge in [-0.05, 0) is 24.3 Å². The van der Waals surface area contributed by atoms with Crippen molar-refractivity contribution in [3.8, 4) is 33.8 Å². The van der Waals surface area contributed by atoms with E-state index in [2.05, 4.69) is 0 Å². The Morgan fingerprint density at radius 1 is 0.459 bits per heavy atom. The van der Waals surface area contributed by atoms with E-state index in [1.54, 1.807) is 24.3 Å². The van der Waals surface area contributed by atoms with Crippen molar-refractivity contribution in [2.24, 2.45) is 0 Å². The molecule has 4 aromatic carbocycles. The molecule has 0 saturated heterocycles. The number of para-hydroxylation sites is 2. The monoisotopic (exact) mass is 502 g/mol. The Morgan fingerprint density at radius 2 is 0.838 bits per heavy atom. The molecule has 0 N–H and O–H groups in total. The molecule has 0 amide bonds. The minimum atomic E-state index is -0.744. The molecule has 0 bridgehead atoms. The van der Waals surface area contributed by atoms with Gasteiger partial charge in [0.15, 0.2) is 0 Å². The normalized spacial score (nSPS) is 10.5. The van der Waals surface area contributed by atoms with E-state index in [0.29, 0.717) is 0 Å². The molecule has 0 aliphatic rings. The molecule has 0 saturated carbocycles. The van der Waals surface area contributed by atoms with Gasteiger partial charge in [0.1, 0.15) is 11.5 Å². The van der Waals surface area contributed by atoms with Crippen molar-refractivity contribution in [3.05, 3.63) is 125 Å². The lowest BCUT2D eigenvalue weighted by Crippen LogP contribution is -1.98. The number of non-ortho nitro benzene ring substituents is 2. The first-order valence-electron chi connectivity index (χ1n) is 10.4. The summed E-state index contributed by atoms with van der Waals surface area (Å²) in [6.07, 6.45) is 0. The largest absolute Gasteiger partial charge is 0.456 e. The zero-order valence-electron chi connectivity index (χ0n) is 18.5. The highest BCUT2D eigenvalue weighted by atomic mass is 16.6. The van der Waals surface area contributed by atoms with E-state index in [4.69, 9.17) is 4.74 Å². The van der Waals surface area contributed by atoms with Gasteiger partial charge in [0.2, 0.25) is 0 Å². The molecule has 13 nitrogen and oxygen atoms in total. The van der Waals surface area contributed by atoms with Crippen molar-refractivity contribution in [2.75, 3.05) is 0 Å². The van der Waals surface area contributed by atoms with Gasteiger partial charge in [0, 0.05) is 23.3 Å². The molecular formula is C24H14N4O9. The zero-order valence-corrected chi connectivity index (χ0v) is 18.5. The fraction of sp³-hybridized carbons (Fsp3) is 0. The SMILES string of the molecule is O=[N+]([O-])c1ccc(-c2ccccc2Oc2ccccc2-c2ccc([N+](=O)[O-])cc2[N+](=O)[O-])c([N+](=O)[O-])c1. The van der Waals surface area contributed by atoms with Crippen LogP contribution in [-0.4, -0.2) is 19.7 Å². The fourth-order valence-corrected chi connectivity index (χ4v) is 3.70. The third-order valence-corrected chi connectivity index (χ3v) is 5.35.